The second-order valence-corrected chi connectivity index (χ2v) is 5.15. The Morgan fingerprint density at radius 1 is 1.50 bits per heavy atom. The normalized spacial score (nSPS) is 24.8. The molecule has 2 rings (SSSR count). The van der Waals surface area contributed by atoms with Crippen LogP contribution >= 0.6 is 0 Å². The number of aryl methyl sites for hydroxylation is 1. The molecule has 0 saturated heterocycles. The highest BCUT2D eigenvalue weighted by molar-refractivity contribution is 5.05. The van der Waals surface area contributed by atoms with E-state index in [1.54, 1.807) is 6.20 Å². The van der Waals surface area contributed by atoms with E-state index in [-0.39, 0.29) is 6.10 Å². The Balaban J connectivity index is 1.81. The molecule has 1 aromatic rings. The van der Waals surface area contributed by atoms with Gasteiger partial charge in [0.2, 0.25) is 0 Å². The molecule has 0 aromatic carbocycles. The maximum Gasteiger partial charge on any atom is 0.0959 e. The van der Waals surface area contributed by atoms with Gasteiger partial charge >= 0.3 is 0 Å². The fourth-order valence-corrected chi connectivity index (χ4v) is 2.70. The van der Waals surface area contributed by atoms with Crippen molar-refractivity contribution in [2.45, 2.75) is 58.3 Å². The topological polar surface area (TPSA) is 47.3 Å². The zero-order chi connectivity index (χ0) is 13.0. The second kappa shape index (κ2) is 6.34. The van der Waals surface area contributed by atoms with Gasteiger partial charge in [-0.1, -0.05) is 6.92 Å². The summed E-state index contributed by atoms with van der Waals surface area (Å²) in [7, 11) is 0. The maximum atomic E-state index is 10.3. The van der Waals surface area contributed by atoms with Gasteiger partial charge in [-0.15, -0.1) is 0 Å². The molecule has 1 atom stereocenters. The lowest BCUT2D eigenvalue weighted by Crippen LogP contribution is -2.32. The van der Waals surface area contributed by atoms with Crippen molar-refractivity contribution >= 4 is 0 Å². The van der Waals surface area contributed by atoms with Crippen molar-refractivity contribution in [3.8, 4) is 0 Å². The largest absolute Gasteiger partial charge is 0.387 e. The van der Waals surface area contributed by atoms with Gasteiger partial charge in [-0.3, -0.25) is 4.68 Å². The summed E-state index contributed by atoms with van der Waals surface area (Å²) in [5, 5.41) is 14.5. The van der Waals surface area contributed by atoms with Crippen molar-refractivity contribution in [3.05, 3.63) is 18.0 Å². The maximum absolute atomic E-state index is 10.3. The zero-order valence-electron chi connectivity index (χ0n) is 11.4. The van der Waals surface area contributed by atoms with Crippen LogP contribution in [0.15, 0.2) is 12.3 Å². The number of rotatable bonds is 7. The van der Waals surface area contributed by atoms with Gasteiger partial charge in [0.15, 0.2) is 0 Å². The molecule has 4 heteroatoms. The molecule has 1 unspecified atom stereocenters. The van der Waals surface area contributed by atoms with Crippen LogP contribution in [0.25, 0.3) is 0 Å². The van der Waals surface area contributed by atoms with Crippen LogP contribution in [-0.4, -0.2) is 27.6 Å². The Bertz CT molecular complexity index is 358. The van der Waals surface area contributed by atoms with Crippen molar-refractivity contribution in [3.63, 3.8) is 0 Å². The molecular weight excluding hydrogens is 228 g/mol. The lowest BCUT2D eigenvalue weighted by molar-refractivity contribution is -0.0387. The van der Waals surface area contributed by atoms with E-state index in [1.165, 1.54) is 0 Å². The van der Waals surface area contributed by atoms with Gasteiger partial charge in [0.05, 0.1) is 17.9 Å². The van der Waals surface area contributed by atoms with E-state index in [0.29, 0.717) is 12.0 Å². The van der Waals surface area contributed by atoms with Gasteiger partial charge in [0, 0.05) is 19.3 Å². The summed E-state index contributed by atoms with van der Waals surface area (Å²) in [4.78, 5) is 0. The van der Waals surface area contributed by atoms with E-state index in [1.807, 2.05) is 17.7 Å². The van der Waals surface area contributed by atoms with E-state index < -0.39 is 0 Å². The van der Waals surface area contributed by atoms with Crippen molar-refractivity contribution in [1.82, 2.24) is 9.78 Å². The number of hydrogen-bond donors (Lipinski definition) is 1. The van der Waals surface area contributed by atoms with Gasteiger partial charge in [0.25, 0.3) is 0 Å². The number of aromatic nitrogens is 2. The molecule has 1 aromatic heterocycles. The third-order valence-electron chi connectivity index (χ3n) is 3.68. The molecule has 4 nitrogen and oxygen atoms in total. The first-order valence-electron chi connectivity index (χ1n) is 7.05. The molecule has 1 fully saturated rings. The van der Waals surface area contributed by atoms with Gasteiger partial charge in [-0.2, -0.15) is 5.10 Å². The standard InChI is InChI=1S/C14H24N2O2/c1-3-7-16-13(5-6-15-16)14(17)10-11-8-12(9-11)18-4-2/h5-6,11-12,14,17H,3-4,7-10H2,1-2H3. The molecule has 0 spiro atoms. The predicted molar refractivity (Wildman–Crippen MR) is 70.2 cm³/mol. The lowest BCUT2D eigenvalue weighted by Gasteiger charge is -2.36. The van der Waals surface area contributed by atoms with Crippen LogP contribution < -0.4 is 0 Å². The Labute approximate surface area is 109 Å². The second-order valence-electron chi connectivity index (χ2n) is 5.15. The lowest BCUT2D eigenvalue weighted by atomic mass is 9.78. The van der Waals surface area contributed by atoms with Crippen LogP contribution in [0.2, 0.25) is 0 Å². The molecular formula is C14H24N2O2. The fourth-order valence-electron chi connectivity index (χ4n) is 2.70. The smallest absolute Gasteiger partial charge is 0.0959 e. The minimum absolute atomic E-state index is 0.383. The van der Waals surface area contributed by atoms with Crippen molar-refractivity contribution in [1.29, 1.82) is 0 Å². The number of hydrogen-bond acceptors (Lipinski definition) is 3. The van der Waals surface area contributed by atoms with Crippen LogP contribution in [0.4, 0.5) is 0 Å². The first-order valence-corrected chi connectivity index (χ1v) is 7.05. The molecule has 0 bridgehead atoms. The van der Waals surface area contributed by atoms with E-state index >= 15 is 0 Å². The summed E-state index contributed by atoms with van der Waals surface area (Å²) in [6, 6.07) is 1.93. The molecule has 0 aliphatic heterocycles. The SMILES string of the molecule is CCCn1nccc1C(O)CC1CC(OCC)C1. The van der Waals surface area contributed by atoms with Crippen LogP contribution in [0.3, 0.4) is 0 Å². The Morgan fingerprint density at radius 3 is 2.94 bits per heavy atom. The molecule has 102 valence electrons. The van der Waals surface area contributed by atoms with Crippen LogP contribution in [0, 0.1) is 5.92 Å². The summed E-state index contributed by atoms with van der Waals surface area (Å²) < 4.78 is 7.46. The Morgan fingerprint density at radius 2 is 2.28 bits per heavy atom. The van der Waals surface area contributed by atoms with Gasteiger partial charge in [-0.25, -0.2) is 0 Å². The van der Waals surface area contributed by atoms with E-state index in [4.69, 9.17) is 4.74 Å². The summed E-state index contributed by atoms with van der Waals surface area (Å²) in [6.07, 6.45) is 5.87. The summed E-state index contributed by atoms with van der Waals surface area (Å²) in [5.74, 6) is 0.599. The molecule has 1 heterocycles. The molecule has 0 radical (unpaired) electrons. The minimum atomic E-state index is -0.383. The monoisotopic (exact) mass is 252 g/mol. The van der Waals surface area contributed by atoms with Gasteiger partial charge in [0.1, 0.15) is 0 Å². The molecule has 1 saturated carbocycles. The quantitative estimate of drug-likeness (QED) is 0.811. The Hall–Kier alpha value is -0.870. The highest BCUT2D eigenvalue weighted by atomic mass is 16.5. The summed E-state index contributed by atoms with van der Waals surface area (Å²) in [5.41, 5.74) is 0.955. The van der Waals surface area contributed by atoms with Crippen molar-refractivity contribution < 1.29 is 9.84 Å². The number of aliphatic hydroxyl groups is 1. The Kier molecular flexibility index (Phi) is 4.78. The average molecular weight is 252 g/mol. The van der Waals surface area contributed by atoms with Crippen molar-refractivity contribution in [2.24, 2.45) is 5.92 Å². The summed E-state index contributed by atoms with van der Waals surface area (Å²) >= 11 is 0. The van der Waals surface area contributed by atoms with Crippen molar-refractivity contribution in [2.75, 3.05) is 6.61 Å². The first-order chi connectivity index (χ1) is 8.74. The molecule has 18 heavy (non-hydrogen) atoms. The van der Waals surface area contributed by atoms with Crippen LogP contribution in [-0.2, 0) is 11.3 Å². The van der Waals surface area contributed by atoms with E-state index in [0.717, 1.165) is 44.5 Å². The van der Waals surface area contributed by atoms with Crippen LogP contribution in [0.5, 0.6) is 0 Å². The molecule has 1 aliphatic carbocycles. The zero-order valence-corrected chi connectivity index (χ0v) is 11.4. The van der Waals surface area contributed by atoms with Gasteiger partial charge in [-0.05, 0) is 44.6 Å². The predicted octanol–water partition coefficient (Wildman–Crippen LogP) is 2.53. The fraction of sp³-hybridized carbons (Fsp3) is 0.786. The first kappa shape index (κ1) is 13.6. The van der Waals surface area contributed by atoms with E-state index in [9.17, 15) is 5.11 Å². The van der Waals surface area contributed by atoms with E-state index in [2.05, 4.69) is 12.0 Å². The minimum Gasteiger partial charge on any atom is -0.387 e. The average Bonchev–Trinajstić information content (AvgIpc) is 2.75. The van der Waals surface area contributed by atoms with Gasteiger partial charge < -0.3 is 9.84 Å². The number of ether oxygens (including phenoxy) is 1. The van der Waals surface area contributed by atoms with Crippen LogP contribution in [0.1, 0.15) is 51.3 Å². The number of nitrogens with zero attached hydrogens (tertiary/aromatic N) is 2. The number of aliphatic hydroxyl groups excluding tert-OH is 1. The molecule has 1 aliphatic rings. The highest BCUT2D eigenvalue weighted by Crippen LogP contribution is 2.36. The third kappa shape index (κ3) is 3.12. The third-order valence-corrected chi connectivity index (χ3v) is 3.68. The summed E-state index contributed by atoms with van der Waals surface area (Å²) in [6.45, 7) is 5.83. The highest BCUT2D eigenvalue weighted by Gasteiger charge is 2.31. The molecule has 0 amide bonds. The molecule has 1 N–H and O–H groups in total.